The quantitative estimate of drug-likeness (QED) is 0.694. The van der Waals surface area contributed by atoms with E-state index in [2.05, 4.69) is 4.98 Å². The third-order valence-corrected chi connectivity index (χ3v) is 3.45. The predicted octanol–water partition coefficient (Wildman–Crippen LogP) is 4.65. The highest BCUT2D eigenvalue weighted by atomic mass is 35.5. The van der Waals surface area contributed by atoms with Crippen molar-refractivity contribution in [3.63, 3.8) is 0 Å². The second kappa shape index (κ2) is 5.35. The van der Waals surface area contributed by atoms with Gasteiger partial charge in [0.15, 0.2) is 0 Å². The van der Waals surface area contributed by atoms with E-state index in [-0.39, 0.29) is 0 Å². The largest absolute Gasteiger partial charge is 0.399 e. The summed E-state index contributed by atoms with van der Waals surface area (Å²) >= 11 is 5.94. The van der Waals surface area contributed by atoms with Crippen molar-refractivity contribution in [2.45, 2.75) is 0 Å². The standard InChI is InChI=1S/C17H13ClN2/c18-14-5-1-13(2-6-14)17-11-20-10-9-16(17)12-3-7-15(19)8-4-12/h1-11H,19H2. The molecule has 0 aliphatic carbocycles. The molecule has 0 atom stereocenters. The average Bonchev–Trinajstić information content (AvgIpc) is 2.49. The zero-order valence-electron chi connectivity index (χ0n) is 10.8. The highest BCUT2D eigenvalue weighted by Gasteiger charge is 2.07. The molecular formula is C17H13ClN2. The molecule has 3 aromatic rings. The smallest absolute Gasteiger partial charge is 0.0406 e. The Morgan fingerprint density at radius 1 is 0.750 bits per heavy atom. The van der Waals surface area contributed by atoms with Gasteiger partial charge in [-0.3, -0.25) is 4.98 Å². The molecule has 1 heterocycles. The number of aromatic nitrogens is 1. The number of anilines is 1. The van der Waals surface area contributed by atoms with Gasteiger partial charge in [-0.25, -0.2) is 0 Å². The van der Waals surface area contributed by atoms with Crippen LogP contribution in [0.4, 0.5) is 5.69 Å². The molecule has 0 bridgehead atoms. The van der Waals surface area contributed by atoms with Crippen LogP contribution in [-0.4, -0.2) is 4.98 Å². The zero-order chi connectivity index (χ0) is 13.9. The summed E-state index contributed by atoms with van der Waals surface area (Å²) in [6.45, 7) is 0. The molecule has 98 valence electrons. The summed E-state index contributed by atoms with van der Waals surface area (Å²) in [4.78, 5) is 4.23. The van der Waals surface area contributed by atoms with E-state index in [1.807, 2.05) is 60.8 Å². The first-order valence-electron chi connectivity index (χ1n) is 6.30. The molecule has 0 saturated carbocycles. The Kier molecular flexibility index (Phi) is 3.40. The first kappa shape index (κ1) is 12.7. The molecule has 0 unspecified atom stereocenters. The van der Waals surface area contributed by atoms with Crippen molar-refractivity contribution in [3.05, 3.63) is 72.0 Å². The molecular weight excluding hydrogens is 268 g/mol. The molecule has 20 heavy (non-hydrogen) atoms. The maximum atomic E-state index is 5.94. The molecule has 0 amide bonds. The number of halogens is 1. The van der Waals surface area contributed by atoms with Crippen LogP contribution in [0.1, 0.15) is 0 Å². The number of benzene rings is 2. The van der Waals surface area contributed by atoms with Gasteiger partial charge in [-0.2, -0.15) is 0 Å². The van der Waals surface area contributed by atoms with E-state index >= 15 is 0 Å². The Hall–Kier alpha value is -2.32. The van der Waals surface area contributed by atoms with Gasteiger partial charge in [0.25, 0.3) is 0 Å². The van der Waals surface area contributed by atoms with Crippen LogP contribution in [-0.2, 0) is 0 Å². The van der Waals surface area contributed by atoms with Gasteiger partial charge in [-0.05, 0) is 47.0 Å². The van der Waals surface area contributed by atoms with Crippen LogP contribution in [0.15, 0.2) is 67.0 Å². The SMILES string of the molecule is Nc1ccc(-c2ccncc2-c2ccc(Cl)cc2)cc1. The predicted molar refractivity (Wildman–Crippen MR) is 84.5 cm³/mol. The summed E-state index contributed by atoms with van der Waals surface area (Å²) in [5.74, 6) is 0. The minimum atomic E-state index is 0.728. The number of hydrogen-bond acceptors (Lipinski definition) is 2. The fraction of sp³-hybridized carbons (Fsp3) is 0. The lowest BCUT2D eigenvalue weighted by molar-refractivity contribution is 1.33. The summed E-state index contributed by atoms with van der Waals surface area (Å²) in [6, 6.07) is 17.6. The van der Waals surface area contributed by atoms with E-state index in [0.29, 0.717) is 0 Å². The van der Waals surface area contributed by atoms with E-state index in [1.54, 1.807) is 6.20 Å². The van der Waals surface area contributed by atoms with Gasteiger partial charge >= 0.3 is 0 Å². The van der Waals surface area contributed by atoms with Crippen LogP contribution in [0.3, 0.4) is 0 Å². The number of rotatable bonds is 2. The highest BCUT2D eigenvalue weighted by Crippen LogP contribution is 2.32. The maximum absolute atomic E-state index is 5.94. The third-order valence-electron chi connectivity index (χ3n) is 3.20. The molecule has 3 heteroatoms. The molecule has 0 spiro atoms. The lowest BCUT2D eigenvalue weighted by Crippen LogP contribution is -1.88. The fourth-order valence-electron chi connectivity index (χ4n) is 2.17. The van der Waals surface area contributed by atoms with Crippen molar-refractivity contribution in [2.24, 2.45) is 0 Å². The Labute approximate surface area is 122 Å². The summed E-state index contributed by atoms with van der Waals surface area (Å²) in [5, 5.41) is 0.728. The molecule has 1 aromatic heterocycles. The van der Waals surface area contributed by atoms with Gasteiger partial charge in [-0.1, -0.05) is 35.9 Å². The lowest BCUT2D eigenvalue weighted by Gasteiger charge is -2.10. The molecule has 3 rings (SSSR count). The van der Waals surface area contributed by atoms with Crippen molar-refractivity contribution < 1.29 is 0 Å². The Morgan fingerprint density at radius 3 is 2.05 bits per heavy atom. The molecule has 2 aromatic carbocycles. The second-order valence-electron chi connectivity index (χ2n) is 4.55. The summed E-state index contributed by atoms with van der Waals surface area (Å²) in [5.41, 5.74) is 10.9. The number of nitrogens with two attached hydrogens (primary N) is 1. The minimum absolute atomic E-state index is 0.728. The van der Waals surface area contributed by atoms with Crippen LogP contribution in [0, 0.1) is 0 Å². The first-order valence-corrected chi connectivity index (χ1v) is 6.68. The van der Waals surface area contributed by atoms with Crippen LogP contribution in [0.25, 0.3) is 22.3 Å². The van der Waals surface area contributed by atoms with E-state index in [4.69, 9.17) is 17.3 Å². The zero-order valence-corrected chi connectivity index (χ0v) is 11.5. The van der Waals surface area contributed by atoms with Gasteiger partial charge in [0.05, 0.1) is 0 Å². The van der Waals surface area contributed by atoms with Gasteiger partial charge in [0, 0.05) is 28.7 Å². The van der Waals surface area contributed by atoms with Gasteiger partial charge < -0.3 is 5.73 Å². The van der Waals surface area contributed by atoms with Gasteiger partial charge in [-0.15, -0.1) is 0 Å². The maximum Gasteiger partial charge on any atom is 0.0406 e. The molecule has 0 aliphatic heterocycles. The van der Waals surface area contributed by atoms with Crippen LogP contribution < -0.4 is 5.73 Å². The number of nitrogen functional groups attached to an aromatic ring is 1. The molecule has 2 nitrogen and oxygen atoms in total. The Bertz CT molecular complexity index is 654. The van der Waals surface area contributed by atoms with Crippen LogP contribution in [0.2, 0.25) is 5.02 Å². The van der Waals surface area contributed by atoms with Crippen molar-refractivity contribution in [3.8, 4) is 22.3 Å². The van der Waals surface area contributed by atoms with Crippen LogP contribution in [0.5, 0.6) is 0 Å². The van der Waals surface area contributed by atoms with Crippen molar-refractivity contribution in [2.75, 3.05) is 5.73 Å². The summed E-state index contributed by atoms with van der Waals surface area (Å²) in [7, 11) is 0. The summed E-state index contributed by atoms with van der Waals surface area (Å²) < 4.78 is 0. The van der Waals surface area contributed by atoms with Crippen molar-refractivity contribution in [1.29, 1.82) is 0 Å². The monoisotopic (exact) mass is 280 g/mol. The van der Waals surface area contributed by atoms with E-state index in [0.717, 1.165) is 33.0 Å². The average molecular weight is 281 g/mol. The topological polar surface area (TPSA) is 38.9 Å². The molecule has 2 N–H and O–H groups in total. The minimum Gasteiger partial charge on any atom is -0.399 e. The lowest BCUT2D eigenvalue weighted by atomic mass is 9.96. The number of pyridine rings is 1. The van der Waals surface area contributed by atoms with E-state index in [1.165, 1.54) is 0 Å². The molecule has 0 fully saturated rings. The Morgan fingerprint density at radius 2 is 1.35 bits per heavy atom. The first-order chi connectivity index (χ1) is 9.74. The van der Waals surface area contributed by atoms with Crippen LogP contribution >= 0.6 is 11.6 Å². The molecule has 0 saturated heterocycles. The summed E-state index contributed by atoms with van der Waals surface area (Å²) in [6.07, 6.45) is 3.67. The molecule has 0 radical (unpaired) electrons. The highest BCUT2D eigenvalue weighted by molar-refractivity contribution is 6.30. The number of nitrogens with zero attached hydrogens (tertiary/aromatic N) is 1. The molecule has 0 aliphatic rings. The van der Waals surface area contributed by atoms with Crippen molar-refractivity contribution >= 4 is 17.3 Å². The second-order valence-corrected chi connectivity index (χ2v) is 4.99. The fourth-order valence-corrected chi connectivity index (χ4v) is 2.29. The van der Waals surface area contributed by atoms with E-state index < -0.39 is 0 Å². The van der Waals surface area contributed by atoms with Gasteiger partial charge in [0.1, 0.15) is 0 Å². The van der Waals surface area contributed by atoms with Gasteiger partial charge in [0.2, 0.25) is 0 Å². The van der Waals surface area contributed by atoms with Crippen molar-refractivity contribution in [1.82, 2.24) is 4.98 Å². The number of hydrogen-bond donors (Lipinski definition) is 1. The van der Waals surface area contributed by atoms with E-state index in [9.17, 15) is 0 Å². The third kappa shape index (κ3) is 2.51. The normalized spacial score (nSPS) is 10.4. The Balaban J connectivity index is 2.13.